The predicted octanol–water partition coefficient (Wildman–Crippen LogP) is 0.860. The summed E-state index contributed by atoms with van der Waals surface area (Å²) in [6.07, 6.45) is 0. The zero-order valence-electron chi connectivity index (χ0n) is 6.93. The van der Waals surface area contributed by atoms with Gasteiger partial charge in [0.1, 0.15) is 0 Å². The minimum Gasteiger partial charge on any atom is -0.385 e. The summed E-state index contributed by atoms with van der Waals surface area (Å²) >= 11 is 0. The molecule has 0 fully saturated rings. The lowest BCUT2D eigenvalue weighted by Gasteiger charge is -2.02. The Morgan fingerprint density at radius 3 is 2.36 bits per heavy atom. The number of hydrogen-bond donors (Lipinski definition) is 2. The molecular weight excluding hydrogens is 136 g/mol. The van der Waals surface area contributed by atoms with Crippen molar-refractivity contribution in [3.8, 4) is 0 Å². The maximum Gasteiger partial charge on any atom is 0.0997 e. The lowest BCUT2D eigenvalue weighted by molar-refractivity contribution is -0.386. The van der Waals surface area contributed by atoms with E-state index in [1.54, 1.807) is 0 Å². The molecule has 2 nitrogen and oxygen atoms in total. The van der Waals surface area contributed by atoms with E-state index in [2.05, 4.69) is 42.2 Å². The van der Waals surface area contributed by atoms with Crippen LogP contribution in [0.25, 0.3) is 0 Å². The molecule has 2 heteroatoms. The van der Waals surface area contributed by atoms with E-state index >= 15 is 0 Å². The third kappa shape index (κ3) is 2.24. The van der Waals surface area contributed by atoms with Crippen molar-refractivity contribution in [2.75, 3.05) is 11.9 Å². The summed E-state index contributed by atoms with van der Waals surface area (Å²) in [5, 5.41) is 3.24. The van der Waals surface area contributed by atoms with Crippen molar-refractivity contribution in [2.24, 2.45) is 0 Å². The monoisotopic (exact) mass is 151 g/mol. The highest BCUT2D eigenvalue weighted by molar-refractivity contribution is 5.44. The van der Waals surface area contributed by atoms with Crippen molar-refractivity contribution >= 4 is 5.69 Å². The van der Waals surface area contributed by atoms with Gasteiger partial charge in [0.2, 0.25) is 0 Å². The van der Waals surface area contributed by atoms with Gasteiger partial charge in [0.15, 0.2) is 0 Å². The lowest BCUT2D eigenvalue weighted by Crippen LogP contribution is -2.47. The quantitative estimate of drug-likeness (QED) is 0.661. The highest BCUT2D eigenvalue weighted by atomic mass is 14.8. The van der Waals surface area contributed by atoms with Crippen LogP contribution in [0.1, 0.15) is 12.5 Å². The molecule has 0 aliphatic carbocycles. The number of hydrogen-bond acceptors (Lipinski definition) is 1. The first-order valence-electron chi connectivity index (χ1n) is 3.99. The Bertz CT molecular complexity index is 203. The van der Waals surface area contributed by atoms with Gasteiger partial charge in [-0.3, -0.25) is 0 Å². The van der Waals surface area contributed by atoms with Crippen LogP contribution in [0.3, 0.4) is 0 Å². The molecular formula is C9H15N2+. The smallest absolute Gasteiger partial charge is 0.0997 e. The first-order chi connectivity index (χ1) is 5.36. The summed E-state index contributed by atoms with van der Waals surface area (Å²) in [4.78, 5) is 0. The number of anilines is 1. The van der Waals surface area contributed by atoms with Crippen LogP contribution in [0.5, 0.6) is 0 Å². The van der Waals surface area contributed by atoms with E-state index in [0.29, 0.717) is 0 Å². The zero-order valence-corrected chi connectivity index (χ0v) is 6.93. The van der Waals surface area contributed by atoms with E-state index < -0.39 is 0 Å². The Balaban J connectivity index is 2.66. The highest BCUT2D eigenvalue weighted by Crippen LogP contribution is 2.07. The van der Waals surface area contributed by atoms with Crippen LogP contribution < -0.4 is 11.1 Å². The molecule has 4 N–H and O–H groups in total. The summed E-state index contributed by atoms with van der Waals surface area (Å²) in [5.41, 5.74) is 6.28. The summed E-state index contributed by atoms with van der Waals surface area (Å²) in [7, 11) is 0. The van der Waals surface area contributed by atoms with E-state index in [4.69, 9.17) is 0 Å². The SMILES string of the molecule is CCNc1ccc(C[NH3+])cc1. The molecule has 60 valence electrons. The molecule has 0 saturated carbocycles. The Morgan fingerprint density at radius 2 is 1.91 bits per heavy atom. The highest BCUT2D eigenvalue weighted by Gasteiger charge is 1.90. The molecule has 0 aliphatic heterocycles. The standard InChI is InChI=1S/C9H14N2/c1-2-11-9-5-3-8(7-10)4-6-9/h3-6,11H,2,7,10H2,1H3/p+1. The molecule has 0 bridgehead atoms. The number of quaternary nitrogens is 1. The Kier molecular flexibility index (Phi) is 2.93. The summed E-state index contributed by atoms with van der Waals surface area (Å²) in [6.45, 7) is 3.94. The van der Waals surface area contributed by atoms with E-state index in [9.17, 15) is 0 Å². The molecule has 0 amide bonds. The van der Waals surface area contributed by atoms with Crippen molar-refractivity contribution in [1.82, 2.24) is 0 Å². The molecule has 11 heavy (non-hydrogen) atoms. The predicted molar refractivity (Wildman–Crippen MR) is 47.2 cm³/mol. The fourth-order valence-electron chi connectivity index (χ4n) is 0.993. The maximum atomic E-state index is 3.81. The Hall–Kier alpha value is -1.02. The third-order valence-electron chi connectivity index (χ3n) is 1.62. The second kappa shape index (κ2) is 3.98. The molecule has 0 radical (unpaired) electrons. The van der Waals surface area contributed by atoms with Gasteiger partial charge in [-0.15, -0.1) is 0 Å². The van der Waals surface area contributed by atoms with E-state index in [1.807, 2.05) is 0 Å². The summed E-state index contributed by atoms with van der Waals surface area (Å²) in [5.74, 6) is 0. The van der Waals surface area contributed by atoms with Gasteiger partial charge in [-0.25, -0.2) is 0 Å². The van der Waals surface area contributed by atoms with E-state index in [-0.39, 0.29) is 0 Å². The molecule has 1 aromatic rings. The molecule has 0 spiro atoms. The molecule has 0 atom stereocenters. The van der Waals surface area contributed by atoms with Crippen molar-refractivity contribution in [3.05, 3.63) is 29.8 Å². The van der Waals surface area contributed by atoms with Gasteiger partial charge in [0.25, 0.3) is 0 Å². The van der Waals surface area contributed by atoms with Gasteiger partial charge >= 0.3 is 0 Å². The van der Waals surface area contributed by atoms with Crippen LogP contribution in [0.4, 0.5) is 5.69 Å². The van der Waals surface area contributed by atoms with E-state index in [1.165, 1.54) is 11.3 Å². The average molecular weight is 151 g/mol. The Labute approximate surface area is 67.4 Å². The fraction of sp³-hybridized carbons (Fsp3) is 0.333. The van der Waals surface area contributed by atoms with Crippen LogP contribution in [-0.4, -0.2) is 6.54 Å². The minimum absolute atomic E-state index is 0.867. The lowest BCUT2D eigenvalue weighted by atomic mass is 10.2. The van der Waals surface area contributed by atoms with Crippen molar-refractivity contribution in [2.45, 2.75) is 13.5 Å². The molecule has 1 aromatic carbocycles. The largest absolute Gasteiger partial charge is 0.385 e. The van der Waals surface area contributed by atoms with E-state index in [0.717, 1.165) is 13.1 Å². The van der Waals surface area contributed by atoms with Crippen LogP contribution >= 0.6 is 0 Å². The second-order valence-corrected chi connectivity index (χ2v) is 2.48. The molecule has 0 saturated heterocycles. The molecule has 0 aliphatic rings. The van der Waals surface area contributed by atoms with Crippen LogP contribution in [0.15, 0.2) is 24.3 Å². The normalized spacial score (nSPS) is 9.64. The summed E-state index contributed by atoms with van der Waals surface area (Å²) in [6, 6.07) is 8.38. The number of nitrogens with one attached hydrogen (secondary N) is 1. The van der Waals surface area contributed by atoms with Crippen LogP contribution in [-0.2, 0) is 6.54 Å². The first kappa shape index (κ1) is 8.08. The van der Waals surface area contributed by atoms with Gasteiger partial charge < -0.3 is 11.1 Å². The fourth-order valence-corrected chi connectivity index (χ4v) is 0.993. The molecule has 0 aromatic heterocycles. The van der Waals surface area contributed by atoms with Crippen molar-refractivity contribution in [3.63, 3.8) is 0 Å². The molecule has 0 heterocycles. The van der Waals surface area contributed by atoms with Gasteiger partial charge in [-0.1, -0.05) is 12.1 Å². The van der Waals surface area contributed by atoms with Gasteiger partial charge in [-0.2, -0.15) is 0 Å². The number of rotatable bonds is 3. The average Bonchev–Trinajstić information content (AvgIpc) is 2.07. The topological polar surface area (TPSA) is 39.7 Å². The number of benzene rings is 1. The van der Waals surface area contributed by atoms with Crippen molar-refractivity contribution < 1.29 is 5.73 Å². The molecule has 0 unspecified atom stereocenters. The van der Waals surface area contributed by atoms with Crippen LogP contribution in [0, 0.1) is 0 Å². The maximum absolute atomic E-state index is 3.81. The zero-order chi connectivity index (χ0) is 8.10. The van der Waals surface area contributed by atoms with Gasteiger partial charge in [-0.05, 0) is 19.1 Å². The van der Waals surface area contributed by atoms with Crippen molar-refractivity contribution in [1.29, 1.82) is 0 Å². The minimum atomic E-state index is 0.867. The second-order valence-electron chi connectivity index (χ2n) is 2.48. The summed E-state index contributed by atoms with van der Waals surface area (Å²) < 4.78 is 0. The van der Waals surface area contributed by atoms with Gasteiger partial charge in [0.05, 0.1) is 6.54 Å². The molecule has 1 rings (SSSR count). The van der Waals surface area contributed by atoms with Gasteiger partial charge in [0, 0.05) is 17.8 Å². The Morgan fingerprint density at radius 1 is 1.27 bits per heavy atom. The van der Waals surface area contributed by atoms with Crippen LogP contribution in [0.2, 0.25) is 0 Å². The third-order valence-corrected chi connectivity index (χ3v) is 1.62. The first-order valence-corrected chi connectivity index (χ1v) is 3.99.